The number of piperazine rings is 1. The van der Waals surface area contributed by atoms with Crippen molar-refractivity contribution < 1.29 is 83.5 Å². The zero-order valence-electron chi connectivity index (χ0n) is 31.3. The van der Waals surface area contributed by atoms with Gasteiger partial charge in [0.05, 0.1) is 18.1 Å². The molecule has 0 spiro atoms. The van der Waals surface area contributed by atoms with E-state index in [1.54, 1.807) is 22.1 Å². The summed E-state index contributed by atoms with van der Waals surface area (Å²) in [5, 5.41) is 35.0. The Bertz CT molecular complexity index is 2180. The molecule has 336 valence electrons. The Morgan fingerprint density at radius 3 is 1.85 bits per heavy atom. The minimum atomic E-state index is -5.08. The number of nitrogens with one attached hydrogen (secondary N) is 3. The van der Waals surface area contributed by atoms with Crippen molar-refractivity contribution in [2.45, 2.75) is 38.3 Å². The zero-order chi connectivity index (χ0) is 46.6. The number of aliphatic carboxylic acids is 3. The number of aromatic nitrogens is 5. The number of rotatable bonds is 4. The van der Waals surface area contributed by atoms with Crippen LogP contribution in [0.4, 0.5) is 62.7 Å². The van der Waals surface area contributed by atoms with Gasteiger partial charge in [-0.3, -0.25) is 19.7 Å². The summed E-state index contributed by atoms with van der Waals surface area (Å²) in [6.45, 7) is 3.50. The van der Waals surface area contributed by atoms with Crippen LogP contribution in [0.1, 0.15) is 27.3 Å². The highest BCUT2D eigenvalue weighted by molar-refractivity contribution is 6.32. The molecule has 0 radical (unpaired) electrons. The molecule has 28 heteroatoms. The van der Waals surface area contributed by atoms with E-state index >= 15 is 0 Å². The number of carboxylic acid groups (broad SMARTS) is 3. The van der Waals surface area contributed by atoms with Crippen molar-refractivity contribution in [2.75, 3.05) is 43.4 Å². The fourth-order valence-corrected chi connectivity index (χ4v) is 4.96. The van der Waals surface area contributed by atoms with Gasteiger partial charge in [0.15, 0.2) is 12.4 Å². The van der Waals surface area contributed by atoms with Crippen LogP contribution in [0.5, 0.6) is 5.75 Å². The number of aryl methyl sites for hydroxylation is 3. The maximum Gasteiger partial charge on any atom is 0.490 e. The van der Waals surface area contributed by atoms with Gasteiger partial charge in [-0.15, -0.1) is 0 Å². The third-order valence-electron chi connectivity index (χ3n) is 7.72. The number of halogens is 10. The monoisotopic (exact) mass is 915 g/mol. The molecule has 1 saturated heterocycles. The molecule has 6 rings (SSSR count). The molecule has 6 bridgehead atoms. The van der Waals surface area contributed by atoms with E-state index in [1.807, 2.05) is 37.4 Å². The van der Waals surface area contributed by atoms with Gasteiger partial charge in [-0.1, -0.05) is 11.6 Å². The van der Waals surface area contributed by atoms with Gasteiger partial charge in [0.2, 0.25) is 5.95 Å². The van der Waals surface area contributed by atoms with Crippen LogP contribution in [0.25, 0.3) is 0 Å². The Morgan fingerprint density at radius 1 is 0.758 bits per heavy atom. The quantitative estimate of drug-likeness (QED) is 0.140. The van der Waals surface area contributed by atoms with Gasteiger partial charge >= 0.3 is 36.4 Å². The summed E-state index contributed by atoms with van der Waals surface area (Å²) in [6.07, 6.45) is -8.81. The first kappa shape index (κ1) is 49.4. The van der Waals surface area contributed by atoms with Crippen LogP contribution >= 0.6 is 11.6 Å². The maximum absolute atomic E-state index is 13.0. The second kappa shape index (κ2) is 21.0. The second-order valence-corrected chi connectivity index (χ2v) is 12.8. The second-order valence-electron chi connectivity index (χ2n) is 12.4. The van der Waals surface area contributed by atoms with Crippen molar-refractivity contribution in [1.29, 1.82) is 0 Å². The first-order valence-corrected chi connectivity index (χ1v) is 17.4. The minimum absolute atomic E-state index is 0.103. The summed E-state index contributed by atoms with van der Waals surface area (Å²) in [5.41, 5.74) is 4.72. The van der Waals surface area contributed by atoms with Gasteiger partial charge in [0.1, 0.15) is 16.5 Å². The average molecular weight is 916 g/mol. The Morgan fingerprint density at radius 2 is 1.32 bits per heavy atom. The Hall–Kier alpha value is -6.93. The van der Waals surface area contributed by atoms with Crippen LogP contribution in [-0.2, 0) is 32.0 Å². The van der Waals surface area contributed by atoms with E-state index in [2.05, 4.69) is 35.8 Å². The highest BCUT2D eigenvalue weighted by Crippen LogP contribution is 2.30. The Labute approximate surface area is 346 Å². The smallest absolute Gasteiger partial charge is 0.483 e. The van der Waals surface area contributed by atoms with Gasteiger partial charge < -0.3 is 40.5 Å². The molecule has 0 saturated carbocycles. The lowest BCUT2D eigenvalue weighted by molar-refractivity contribution is -0.193. The molecule has 0 atom stereocenters. The summed E-state index contributed by atoms with van der Waals surface area (Å²) < 4.78 is 101. The number of aromatic amines is 1. The van der Waals surface area contributed by atoms with E-state index in [1.165, 1.54) is 6.20 Å². The summed E-state index contributed by atoms with van der Waals surface area (Å²) in [5.74, 6) is -7.05. The zero-order valence-corrected chi connectivity index (χ0v) is 32.1. The molecule has 5 heterocycles. The van der Waals surface area contributed by atoms with E-state index in [0.717, 1.165) is 28.2 Å². The number of H-pyrrole nitrogens is 1. The third kappa shape index (κ3) is 15.6. The van der Waals surface area contributed by atoms with Crippen LogP contribution in [0.3, 0.4) is 0 Å². The lowest BCUT2D eigenvalue weighted by Gasteiger charge is -2.34. The fraction of sp³-hybridized carbons (Fsp3) is 0.324. The van der Waals surface area contributed by atoms with Gasteiger partial charge in [-0.05, 0) is 61.2 Å². The number of anilines is 4. The largest absolute Gasteiger partial charge is 0.490 e. The third-order valence-corrected chi connectivity index (χ3v) is 8.00. The highest BCUT2D eigenvalue weighted by atomic mass is 35.5. The molecule has 2 amide bonds. The summed E-state index contributed by atoms with van der Waals surface area (Å²) >= 11 is 6.36. The van der Waals surface area contributed by atoms with Crippen molar-refractivity contribution in [1.82, 2.24) is 34.9 Å². The van der Waals surface area contributed by atoms with E-state index in [9.17, 15) is 49.1 Å². The van der Waals surface area contributed by atoms with Crippen molar-refractivity contribution in [3.63, 3.8) is 0 Å². The number of carbonyl (C=O) groups is 5. The molecule has 18 nitrogen and oxygen atoms in total. The van der Waals surface area contributed by atoms with Crippen LogP contribution < -0.4 is 15.4 Å². The number of fused-ring (bicyclic) bond motifs is 6. The van der Waals surface area contributed by atoms with Crippen LogP contribution in [-0.4, -0.2) is 131 Å². The number of benzene rings is 1. The first-order chi connectivity index (χ1) is 28.7. The number of alkyl halides is 9. The number of hydrogen-bond donors (Lipinski definition) is 6. The van der Waals surface area contributed by atoms with E-state index < -0.39 is 36.4 Å². The van der Waals surface area contributed by atoms with E-state index in [-0.39, 0.29) is 18.4 Å². The molecule has 6 N–H and O–H groups in total. The molecule has 2 aliphatic heterocycles. The Balaban J connectivity index is 0.000000403. The molecule has 3 aromatic heterocycles. The van der Waals surface area contributed by atoms with Gasteiger partial charge in [0.25, 0.3) is 11.8 Å². The van der Waals surface area contributed by atoms with Crippen LogP contribution in [0, 0.1) is 6.92 Å². The van der Waals surface area contributed by atoms with Gasteiger partial charge in [-0.25, -0.2) is 19.4 Å². The van der Waals surface area contributed by atoms with Crippen molar-refractivity contribution in [2.24, 2.45) is 0 Å². The number of ether oxygens (including phenoxy) is 1. The summed E-state index contributed by atoms with van der Waals surface area (Å²) in [7, 11) is 0. The average Bonchev–Trinajstić information content (AvgIpc) is 3.63. The number of carboxylic acids is 3. The number of pyridine rings is 1. The highest BCUT2D eigenvalue weighted by Gasteiger charge is 2.39. The number of carbonyl (C=O) groups excluding carboxylic acids is 2. The molecule has 2 aliphatic rings. The lowest BCUT2D eigenvalue weighted by atomic mass is 10.0. The molecular formula is C34H31ClF9N9O9. The maximum atomic E-state index is 13.0. The molecule has 0 aliphatic carbocycles. The molecule has 0 unspecified atom stereocenters. The molecule has 4 aromatic rings. The van der Waals surface area contributed by atoms with E-state index in [4.69, 9.17) is 46.0 Å². The Kier molecular flexibility index (Phi) is 16.8. The molecule has 1 aromatic carbocycles. The number of amides is 2. The normalized spacial score (nSPS) is 13.5. The summed E-state index contributed by atoms with van der Waals surface area (Å²) in [4.78, 5) is 68.9. The SMILES string of the molecule is Cc1cc(C(=O)N2CCN(C(=O)COc3ccc4cc3CCc3cncc(c3)Nc3ncc(Cl)c(n3)N4)CC2)n[nH]1.O=C(O)C(F)(F)F.O=C(O)C(F)(F)F.O=C(O)C(F)(F)F. The molecule has 62 heavy (non-hydrogen) atoms. The standard InChI is InChI=1S/C28H28ClN9O3.3C2HF3O2/c1-17-10-23(36-35-17)27(40)38-8-6-37(7-9-38)25(39)16-41-24-5-4-20-12-19(24)3-2-18-11-21(14-30-13-18)33-28-31-15-22(29)26(32-20)34-28;3*3-2(4,5)1(6)7/h4-5,10-15H,2-3,6-9,16H2,1H3,(H,35,36)(H2,31,32,33,34);3*(H,6,7). The van der Waals surface area contributed by atoms with E-state index in [0.29, 0.717) is 67.3 Å². The molecule has 1 fully saturated rings. The molecular weight excluding hydrogens is 885 g/mol. The summed E-state index contributed by atoms with van der Waals surface area (Å²) in [6, 6.07) is 9.40. The predicted molar refractivity (Wildman–Crippen MR) is 194 cm³/mol. The van der Waals surface area contributed by atoms with Crippen molar-refractivity contribution >= 4 is 64.5 Å². The first-order valence-electron chi connectivity index (χ1n) is 17.0. The minimum Gasteiger partial charge on any atom is -0.483 e. The van der Waals surface area contributed by atoms with Crippen LogP contribution in [0.15, 0.2) is 48.9 Å². The van der Waals surface area contributed by atoms with Crippen molar-refractivity contribution in [3.8, 4) is 5.75 Å². The lowest BCUT2D eigenvalue weighted by Crippen LogP contribution is -2.51. The number of hydrogen-bond acceptors (Lipinski definition) is 12. The van der Waals surface area contributed by atoms with Crippen LogP contribution in [0.2, 0.25) is 5.02 Å². The number of nitrogens with zero attached hydrogens (tertiary/aromatic N) is 6. The van der Waals surface area contributed by atoms with Gasteiger partial charge in [0, 0.05) is 43.8 Å². The van der Waals surface area contributed by atoms with Gasteiger partial charge in [-0.2, -0.15) is 49.6 Å². The topological polar surface area (TPSA) is 253 Å². The van der Waals surface area contributed by atoms with Crippen molar-refractivity contribution in [3.05, 3.63) is 76.5 Å². The fourth-order valence-electron chi connectivity index (χ4n) is 4.83. The predicted octanol–water partition coefficient (Wildman–Crippen LogP) is 5.41.